The molecule has 0 atom stereocenters. The van der Waals surface area contributed by atoms with Crippen molar-refractivity contribution in [2.45, 2.75) is 19.9 Å². The first-order chi connectivity index (χ1) is 7.26. The van der Waals surface area contributed by atoms with Gasteiger partial charge in [-0.3, -0.25) is 9.88 Å². The Bertz CT molecular complexity index is 292. The Morgan fingerprint density at radius 1 is 1.40 bits per heavy atom. The van der Waals surface area contributed by atoms with Crippen molar-refractivity contribution in [1.82, 2.24) is 9.88 Å². The zero-order valence-electron chi connectivity index (χ0n) is 8.92. The second kappa shape index (κ2) is 7.36. The Hall–Kier alpha value is 0.0700. The van der Waals surface area contributed by atoms with Crippen LogP contribution in [0.5, 0.6) is 0 Å². The molecule has 4 heteroatoms. The van der Waals surface area contributed by atoms with Gasteiger partial charge in [0.2, 0.25) is 0 Å². The molecule has 0 aliphatic carbocycles. The summed E-state index contributed by atoms with van der Waals surface area (Å²) in [6, 6.07) is 2.13. The van der Waals surface area contributed by atoms with Crippen LogP contribution in [-0.2, 0) is 6.54 Å². The molecular formula is C11H16Br2N2. The van der Waals surface area contributed by atoms with Crippen molar-refractivity contribution >= 4 is 31.9 Å². The number of rotatable bonds is 6. The van der Waals surface area contributed by atoms with E-state index in [0.29, 0.717) is 0 Å². The summed E-state index contributed by atoms with van der Waals surface area (Å²) < 4.78 is 1.05. The largest absolute Gasteiger partial charge is 0.299 e. The number of alkyl halides is 1. The molecule has 0 radical (unpaired) electrons. The van der Waals surface area contributed by atoms with Crippen molar-refractivity contribution in [3.05, 3.63) is 28.5 Å². The van der Waals surface area contributed by atoms with Crippen molar-refractivity contribution in [2.24, 2.45) is 0 Å². The second-order valence-electron chi connectivity index (χ2n) is 3.42. The predicted octanol–water partition coefficient (Wildman–Crippen LogP) is 3.45. The number of nitrogens with zero attached hydrogens (tertiary/aromatic N) is 2. The average molecular weight is 336 g/mol. The molecule has 0 aliphatic rings. The van der Waals surface area contributed by atoms with Crippen LogP contribution >= 0.6 is 31.9 Å². The molecule has 0 N–H and O–H groups in total. The summed E-state index contributed by atoms with van der Waals surface area (Å²) in [6.07, 6.45) is 4.94. The van der Waals surface area contributed by atoms with Crippen molar-refractivity contribution < 1.29 is 0 Å². The summed E-state index contributed by atoms with van der Waals surface area (Å²) in [5.41, 5.74) is 1.26. The molecule has 0 aliphatic heterocycles. The smallest absolute Gasteiger partial charge is 0.0410 e. The van der Waals surface area contributed by atoms with E-state index in [2.05, 4.69) is 54.7 Å². The van der Waals surface area contributed by atoms with E-state index >= 15 is 0 Å². The minimum atomic E-state index is 0.982. The van der Waals surface area contributed by atoms with Crippen LogP contribution in [0.4, 0.5) is 0 Å². The Kier molecular flexibility index (Phi) is 6.45. The molecule has 0 spiro atoms. The van der Waals surface area contributed by atoms with Crippen LogP contribution in [0.25, 0.3) is 0 Å². The van der Waals surface area contributed by atoms with E-state index in [1.165, 1.54) is 12.0 Å². The van der Waals surface area contributed by atoms with E-state index in [0.717, 1.165) is 29.4 Å². The van der Waals surface area contributed by atoms with Crippen LogP contribution < -0.4 is 0 Å². The summed E-state index contributed by atoms with van der Waals surface area (Å²) in [6.45, 7) is 5.39. The zero-order chi connectivity index (χ0) is 11.1. The monoisotopic (exact) mass is 334 g/mol. The molecule has 0 bridgehead atoms. The molecule has 0 fully saturated rings. The molecule has 0 saturated carbocycles. The SMILES string of the molecule is CCN(CCCBr)Cc1cncc(Br)c1. The van der Waals surface area contributed by atoms with E-state index in [9.17, 15) is 0 Å². The topological polar surface area (TPSA) is 16.1 Å². The number of pyridine rings is 1. The van der Waals surface area contributed by atoms with Gasteiger partial charge in [-0.05, 0) is 47.1 Å². The van der Waals surface area contributed by atoms with Crippen LogP contribution in [0.3, 0.4) is 0 Å². The third-order valence-corrected chi connectivity index (χ3v) is 3.22. The highest BCUT2D eigenvalue weighted by molar-refractivity contribution is 9.10. The molecule has 1 heterocycles. The summed E-state index contributed by atoms with van der Waals surface area (Å²) in [4.78, 5) is 6.59. The Morgan fingerprint density at radius 3 is 2.80 bits per heavy atom. The molecule has 1 rings (SSSR count). The third-order valence-electron chi connectivity index (χ3n) is 2.22. The first kappa shape index (κ1) is 13.1. The number of halogens is 2. The quantitative estimate of drug-likeness (QED) is 0.740. The highest BCUT2D eigenvalue weighted by Gasteiger charge is 2.03. The standard InChI is InChI=1S/C11H16Br2N2/c1-2-15(5-3-4-12)9-10-6-11(13)8-14-7-10/h6-8H,2-5,9H2,1H3. The van der Waals surface area contributed by atoms with E-state index in [1.54, 1.807) is 0 Å². The maximum Gasteiger partial charge on any atom is 0.0410 e. The Morgan fingerprint density at radius 2 is 2.20 bits per heavy atom. The fraction of sp³-hybridized carbons (Fsp3) is 0.545. The minimum absolute atomic E-state index is 0.982. The van der Waals surface area contributed by atoms with E-state index in [-0.39, 0.29) is 0 Å². The van der Waals surface area contributed by atoms with Crippen molar-refractivity contribution in [3.8, 4) is 0 Å². The number of aromatic nitrogens is 1. The predicted molar refractivity (Wildman–Crippen MR) is 71.3 cm³/mol. The molecule has 2 nitrogen and oxygen atoms in total. The van der Waals surface area contributed by atoms with Gasteiger partial charge in [0.25, 0.3) is 0 Å². The molecule has 0 saturated heterocycles. The fourth-order valence-electron chi connectivity index (χ4n) is 1.43. The van der Waals surface area contributed by atoms with Crippen LogP contribution in [-0.4, -0.2) is 28.3 Å². The number of hydrogen-bond donors (Lipinski definition) is 0. The van der Waals surface area contributed by atoms with Gasteiger partial charge in [-0.15, -0.1) is 0 Å². The molecule has 0 unspecified atom stereocenters. The lowest BCUT2D eigenvalue weighted by molar-refractivity contribution is 0.281. The molecule has 0 amide bonds. The van der Waals surface area contributed by atoms with Gasteiger partial charge in [0.15, 0.2) is 0 Å². The van der Waals surface area contributed by atoms with E-state index in [4.69, 9.17) is 0 Å². The van der Waals surface area contributed by atoms with Crippen LogP contribution in [0, 0.1) is 0 Å². The minimum Gasteiger partial charge on any atom is -0.299 e. The lowest BCUT2D eigenvalue weighted by Crippen LogP contribution is -2.24. The van der Waals surface area contributed by atoms with Gasteiger partial charge in [-0.2, -0.15) is 0 Å². The lowest BCUT2D eigenvalue weighted by atomic mass is 10.2. The Labute approximate surface area is 108 Å². The normalized spacial score (nSPS) is 10.9. The average Bonchev–Trinajstić information content (AvgIpc) is 2.24. The van der Waals surface area contributed by atoms with Gasteiger partial charge in [0.1, 0.15) is 0 Å². The first-order valence-electron chi connectivity index (χ1n) is 5.14. The van der Waals surface area contributed by atoms with Gasteiger partial charge in [-0.1, -0.05) is 22.9 Å². The van der Waals surface area contributed by atoms with Crippen molar-refractivity contribution in [3.63, 3.8) is 0 Å². The van der Waals surface area contributed by atoms with Crippen LogP contribution in [0.1, 0.15) is 18.9 Å². The van der Waals surface area contributed by atoms with Gasteiger partial charge < -0.3 is 0 Å². The lowest BCUT2D eigenvalue weighted by Gasteiger charge is -2.19. The van der Waals surface area contributed by atoms with Gasteiger partial charge in [0.05, 0.1) is 0 Å². The molecule has 84 valence electrons. The molecule has 1 aromatic heterocycles. The van der Waals surface area contributed by atoms with Gasteiger partial charge in [0, 0.05) is 28.7 Å². The Balaban J connectivity index is 2.50. The first-order valence-corrected chi connectivity index (χ1v) is 7.05. The fourth-order valence-corrected chi connectivity index (χ4v) is 2.10. The summed E-state index contributed by atoms with van der Waals surface area (Å²) >= 11 is 6.90. The highest BCUT2D eigenvalue weighted by atomic mass is 79.9. The molecule has 0 aromatic carbocycles. The molecule has 1 aromatic rings. The third kappa shape index (κ3) is 5.09. The second-order valence-corrected chi connectivity index (χ2v) is 5.13. The molecular weight excluding hydrogens is 320 g/mol. The van der Waals surface area contributed by atoms with E-state index < -0.39 is 0 Å². The molecule has 15 heavy (non-hydrogen) atoms. The van der Waals surface area contributed by atoms with Crippen molar-refractivity contribution in [1.29, 1.82) is 0 Å². The van der Waals surface area contributed by atoms with Crippen LogP contribution in [0.15, 0.2) is 22.9 Å². The maximum absolute atomic E-state index is 4.17. The summed E-state index contributed by atoms with van der Waals surface area (Å²) in [5.74, 6) is 0. The van der Waals surface area contributed by atoms with Crippen molar-refractivity contribution in [2.75, 3.05) is 18.4 Å². The summed E-state index contributed by atoms with van der Waals surface area (Å²) in [7, 11) is 0. The highest BCUT2D eigenvalue weighted by Crippen LogP contribution is 2.11. The van der Waals surface area contributed by atoms with Gasteiger partial charge in [-0.25, -0.2) is 0 Å². The maximum atomic E-state index is 4.17. The zero-order valence-corrected chi connectivity index (χ0v) is 12.1. The summed E-state index contributed by atoms with van der Waals surface area (Å²) in [5, 5.41) is 1.07. The van der Waals surface area contributed by atoms with Crippen LogP contribution in [0.2, 0.25) is 0 Å². The van der Waals surface area contributed by atoms with Gasteiger partial charge >= 0.3 is 0 Å². The van der Waals surface area contributed by atoms with E-state index in [1.807, 2.05) is 12.4 Å². The number of hydrogen-bond acceptors (Lipinski definition) is 2.